The van der Waals surface area contributed by atoms with Gasteiger partial charge in [0.15, 0.2) is 5.82 Å². The summed E-state index contributed by atoms with van der Waals surface area (Å²) in [4.78, 5) is 3.24. The summed E-state index contributed by atoms with van der Waals surface area (Å²) < 4.78 is 37.4. The molecule has 2 nitrogen and oxygen atoms in total. The number of aromatic nitrogens is 1. The van der Waals surface area contributed by atoms with Crippen molar-refractivity contribution in [2.75, 3.05) is 0 Å². The van der Waals surface area contributed by atoms with E-state index in [0.29, 0.717) is 0 Å². The molecule has 5 heteroatoms. The van der Waals surface area contributed by atoms with Crippen molar-refractivity contribution in [3.8, 4) is 0 Å². The standard InChI is InChI=1S/C8H9F3N2/c1-4(12)5-2-3-13-7(6(5)9)8(10)11/h2-4,8H,12H2,1H3/t4-/m1/s1. The third-order valence-electron chi connectivity index (χ3n) is 1.64. The lowest BCUT2D eigenvalue weighted by atomic mass is 10.1. The van der Waals surface area contributed by atoms with Crippen LogP contribution >= 0.6 is 0 Å². The van der Waals surface area contributed by atoms with Crippen LogP contribution in [0.25, 0.3) is 0 Å². The van der Waals surface area contributed by atoms with Gasteiger partial charge in [0.25, 0.3) is 6.43 Å². The van der Waals surface area contributed by atoms with E-state index < -0.39 is 24.0 Å². The van der Waals surface area contributed by atoms with Crippen molar-refractivity contribution in [1.82, 2.24) is 4.98 Å². The predicted octanol–water partition coefficient (Wildman–Crippen LogP) is 2.18. The molecule has 0 radical (unpaired) electrons. The summed E-state index contributed by atoms with van der Waals surface area (Å²) in [5.74, 6) is -1.01. The van der Waals surface area contributed by atoms with E-state index in [9.17, 15) is 13.2 Å². The number of alkyl halides is 2. The molecule has 0 aliphatic rings. The van der Waals surface area contributed by atoms with Crippen molar-refractivity contribution in [3.63, 3.8) is 0 Å². The normalized spacial score (nSPS) is 13.4. The minimum atomic E-state index is -2.90. The average Bonchev–Trinajstić information content (AvgIpc) is 2.03. The molecule has 0 aliphatic heterocycles. The Hall–Kier alpha value is -1.10. The molecule has 1 rings (SSSR count). The number of rotatable bonds is 2. The first-order valence-electron chi connectivity index (χ1n) is 3.72. The highest BCUT2D eigenvalue weighted by Crippen LogP contribution is 2.23. The number of hydrogen-bond acceptors (Lipinski definition) is 2. The maximum Gasteiger partial charge on any atom is 0.283 e. The van der Waals surface area contributed by atoms with E-state index in [2.05, 4.69) is 4.98 Å². The van der Waals surface area contributed by atoms with Gasteiger partial charge in [-0.05, 0) is 13.0 Å². The average molecular weight is 190 g/mol. The lowest BCUT2D eigenvalue weighted by Gasteiger charge is -2.09. The maximum absolute atomic E-state index is 13.2. The third kappa shape index (κ3) is 1.98. The fourth-order valence-corrected chi connectivity index (χ4v) is 0.979. The highest BCUT2D eigenvalue weighted by atomic mass is 19.3. The van der Waals surface area contributed by atoms with Crippen molar-refractivity contribution in [1.29, 1.82) is 0 Å². The summed E-state index contributed by atoms with van der Waals surface area (Å²) in [6.45, 7) is 1.52. The van der Waals surface area contributed by atoms with Gasteiger partial charge in [0, 0.05) is 17.8 Å². The minimum Gasteiger partial charge on any atom is -0.324 e. The molecule has 0 spiro atoms. The van der Waals surface area contributed by atoms with E-state index >= 15 is 0 Å². The van der Waals surface area contributed by atoms with Gasteiger partial charge >= 0.3 is 0 Å². The molecule has 72 valence electrons. The molecule has 2 N–H and O–H groups in total. The van der Waals surface area contributed by atoms with Gasteiger partial charge in [-0.25, -0.2) is 13.2 Å². The van der Waals surface area contributed by atoms with Gasteiger partial charge in [0.2, 0.25) is 0 Å². The molecular weight excluding hydrogens is 181 g/mol. The van der Waals surface area contributed by atoms with E-state index in [1.165, 1.54) is 13.0 Å². The molecule has 0 saturated carbocycles. The predicted molar refractivity (Wildman–Crippen MR) is 41.8 cm³/mol. The van der Waals surface area contributed by atoms with Crippen LogP contribution in [0.4, 0.5) is 13.2 Å². The van der Waals surface area contributed by atoms with Crippen molar-refractivity contribution < 1.29 is 13.2 Å². The zero-order chi connectivity index (χ0) is 10.0. The molecule has 0 bridgehead atoms. The summed E-state index contributed by atoms with van der Waals surface area (Å²) in [5, 5.41) is 0. The zero-order valence-electron chi connectivity index (χ0n) is 6.97. The SMILES string of the molecule is C[C@@H](N)c1ccnc(C(F)F)c1F. The lowest BCUT2D eigenvalue weighted by molar-refractivity contribution is 0.140. The quantitative estimate of drug-likeness (QED) is 0.776. The van der Waals surface area contributed by atoms with Crippen LogP contribution in [-0.2, 0) is 0 Å². The van der Waals surface area contributed by atoms with Crippen LogP contribution in [0.5, 0.6) is 0 Å². The number of halogens is 3. The van der Waals surface area contributed by atoms with Crippen molar-refractivity contribution in [2.45, 2.75) is 19.4 Å². The first-order valence-corrected chi connectivity index (χ1v) is 3.72. The largest absolute Gasteiger partial charge is 0.324 e. The fourth-order valence-electron chi connectivity index (χ4n) is 0.979. The van der Waals surface area contributed by atoms with Crippen LogP contribution in [0.15, 0.2) is 12.3 Å². The highest BCUT2D eigenvalue weighted by Gasteiger charge is 2.19. The number of pyridine rings is 1. The number of nitrogens with two attached hydrogens (primary N) is 1. The highest BCUT2D eigenvalue weighted by molar-refractivity contribution is 5.22. The molecule has 13 heavy (non-hydrogen) atoms. The monoisotopic (exact) mass is 190 g/mol. The molecule has 1 atom stereocenters. The molecule has 1 heterocycles. The second kappa shape index (κ2) is 3.74. The second-order valence-electron chi connectivity index (χ2n) is 2.69. The van der Waals surface area contributed by atoms with Gasteiger partial charge in [-0.2, -0.15) is 0 Å². The Morgan fingerprint density at radius 1 is 1.46 bits per heavy atom. The van der Waals surface area contributed by atoms with Crippen molar-refractivity contribution in [2.24, 2.45) is 5.73 Å². The molecule has 0 aliphatic carbocycles. The van der Waals surface area contributed by atoms with Gasteiger partial charge in [-0.1, -0.05) is 0 Å². The van der Waals surface area contributed by atoms with E-state index in [0.717, 1.165) is 6.20 Å². The van der Waals surface area contributed by atoms with Crippen LogP contribution in [0.3, 0.4) is 0 Å². The minimum absolute atomic E-state index is 0.0605. The van der Waals surface area contributed by atoms with Gasteiger partial charge in [0.05, 0.1) is 0 Å². The molecule has 0 saturated heterocycles. The molecule has 0 amide bonds. The van der Waals surface area contributed by atoms with Crippen molar-refractivity contribution >= 4 is 0 Å². The molecule has 1 aromatic rings. The van der Waals surface area contributed by atoms with Crippen LogP contribution < -0.4 is 5.73 Å². The number of hydrogen-bond donors (Lipinski definition) is 1. The van der Waals surface area contributed by atoms with Gasteiger partial charge < -0.3 is 5.73 Å². The molecular formula is C8H9F3N2. The van der Waals surface area contributed by atoms with E-state index in [1.807, 2.05) is 0 Å². The Balaban J connectivity index is 3.18. The molecule has 0 fully saturated rings. The van der Waals surface area contributed by atoms with Crippen molar-refractivity contribution in [3.05, 3.63) is 29.3 Å². The summed E-state index contributed by atoms with van der Waals surface area (Å²) in [6.07, 6.45) is -1.78. The Labute approximate surface area is 73.6 Å². The summed E-state index contributed by atoms with van der Waals surface area (Å²) >= 11 is 0. The van der Waals surface area contributed by atoms with Crippen LogP contribution in [-0.4, -0.2) is 4.98 Å². The van der Waals surface area contributed by atoms with Gasteiger partial charge in [0.1, 0.15) is 5.69 Å². The van der Waals surface area contributed by atoms with Crippen LogP contribution in [0.1, 0.15) is 30.6 Å². The summed E-state index contributed by atoms with van der Waals surface area (Å²) in [6, 6.07) is 0.687. The Bertz CT molecular complexity index is 273. The second-order valence-corrected chi connectivity index (χ2v) is 2.69. The maximum atomic E-state index is 13.2. The molecule has 0 unspecified atom stereocenters. The van der Waals surface area contributed by atoms with Crippen LogP contribution in [0, 0.1) is 5.82 Å². The Morgan fingerprint density at radius 2 is 2.08 bits per heavy atom. The Morgan fingerprint density at radius 3 is 2.54 bits per heavy atom. The lowest BCUT2D eigenvalue weighted by Crippen LogP contribution is -2.10. The summed E-state index contributed by atoms with van der Waals surface area (Å²) in [7, 11) is 0. The fraction of sp³-hybridized carbons (Fsp3) is 0.375. The van der Waals surface area contributed by atoms with E-state index in [-0.39, 0.29) is 5.56 Å². The topological polar surface area (TPSA) is 38.9 Å². The molecule has 1 aromatic heterocycles. The third-order valence-corrected chi connectivity index (χ3v) is 1.64. The van der Waals surface area contributed by atoms with Crippen LogP contribution in [0.2, 0.25) is 0 Å². The molecule has 0 aromatic carbocycles. The number of nitrogens with zero attached hydrogens (tertiary/aromatic N) is 1. The smallest absolute Gasteiger partial charge is 0.283 e. The Kier molecular flexibility index (Phi) is 2.87. The first-order chi connectivity index (χ1) is 6.04. The van der Waals surface area contributed by atoms with Gasteiger partial charge in [-0.15, -0.1) is 0 Å². The first kappa shape index (κ1) is 9.98. The van der Waals surface area contributed by atoms with E-state index in [1.54, 1.807) is 0 Å². The van der Waals surface area contributed by atoms with E-state index in [4.69, 9.17) is 5.73 Å². The zero-order valence-corrected chi connectivity index (χ0v) is 6.97. The summed E-state index contributed by atoms with van der Waals surface area (Å²) in [5.41, 5.74) is 4.59. The van der Waals surface area contributed by atoms with Gasteiger partial charge in [-0.3, -0.25) is 4.98 Å².